The van der Waals surface area contributed by atoms with Crippen LogP contribution in [0.4, 0.5) is 5.69 Å². The van der Waals surface area contributed by atoms with Crippen LogP contribution >= 0.6 is 11.6 Å². The number of anilines is 1. The van der Waals surface area contributed by atoms with Crippen molar-refractivity contribution in [3.8, 4) is 0 Å². The first-order valence-corrected chi connectivity index (χ1v) is 6.68. The third kappa shape index (κ3) is 3.78. The van der Waals surface area contributed by atoms with Gasteiger partial charge in [-0.05, 0) is 37.5 Å². The summed E-state index contributed by atoms with van der Waals surface area (Å²) in [6, 6.07) is 18.8. The van der Waals surface area contributed by atoms with Crippen molar-refractivity contribution in [2.45, 2.75) is 25.8 Å². The second-order valence-electron chi connectivity index (χ2n) is 4.55. The molecular weight excluding hydrogens is 242 g/mol. The van der Waals surface area contributed by atoms with Crippen LogP contribution in [0.15, 0.2) is 54.6 Å². The van der Waals surface area contributed by atoms with Gasteiger partial charge < -0.3 is 5.32 Å². The van der Waals surface area contributed by atoms with Crippen molar-refractivity contribution in [2.24, 2.45) is 0 Å². The minimum atomic E-state index is 0.408. The molecule has 0 bridgehead atoms. The molecule has 2 aromatic rings. The first-order chi connectivity index (χ1) is 8.75. The van der Waals surface area contributed by atoms with Crippen molar-refractivity contribution in [2.75, 3.05) is 5.32 Å². The van der Waals surface area contributed by atoms with Crippen LogP contribution in [-0.2, 0) is 6.42 Å². The van der Waals surface area contributed by atoms with Gasteiger partial charge in [0.1, 0.15) is 0 Å². The van der Waals surface area contributed by atoms with Gasteiger partial charge in [-0.25, -0.2) is 0 Å². The summed E-state index contributed by atoms with van der Waals surface area (Å²) in [5.74, 6) is 0. The van der Waals surface area contributed by atoms with Crippen molar-refractivity contribution in [1.29, 1.82) is 0 Å². The van der Waals surface area contributed by atoms with Gasteiger partial charge in [-0.3, -0.25) is 0 Å². The number of hydrogen-bond acceptors (Lipinski definition) is 1. The van der Waals surface area contributed by atoms with Gasteiger partial charge in [0, 0.05) is 6.04 Å². The summed E-state index contributed by atoms with van der Waals surface area (Å²) >= 11 is 6.12. The molecular formula is C16H18ClN. The molecule has 0 radical (unpaired) electrons. The highest BCUT2D eigenvalue weighted by Crippen LogP contribution is 2.22. The summed E-state index contributed by atoms with van der Waals surface area (Å²) in [6.45, 7) is 2.19. The largest absolute Gasteiger partial charge is 0.381 e. The Hall–Kier alpha value is -1.47. The van der Waals surface area contributed by atoms with E-state index in [1.165, 1.54) is 5.56 Å². The summed E-state index contributed by atoms with van der Waals surface area (Å²) in [5.41, 5.74) is 2.39. The van der Waals surface area contributed by atoms with Crippen LogP contribution in [0.2, 0.25) is 5.02 Å². The minimum absolute atomic E-state index is 0.408. The lowest BCUT2D eigenvalue weighted by Crippen LogP contribution is -2.16. The van der Waals surface area contributed by atoms with E-state index in [0.717, 1.165) is 23.6 Å². The second kappa shape index (κ2) is 6.46. The topological polar surface area (TPSA) is 12.0 Å². The molecule has 0 fully saturated rings. The highest BCUT2D eigenvalue weighted by atomic mass is 35.5. The molecule has 0 saturated heterocycles. The molecule has 0 aliphatic heterocycles. The monoisotopic (exact) mass is 259 g/mol. The van der Waals surface area contributed by atoms with Crippen LogP contribution in [0.1, 0.15) is 18.9 Å². The normalized spacial score (nSPS) is 12.1. The van der Waals surface area contributed by atoms with Gasteiger partial charge in [-0.1, -0.05) is 54.1 Å². The van der Waals surface area contributed by atoms with E-state index < -0.39 is 0 Å². The predicted molar refractivity (Wildman–Crippen MR) is 79.3 cm³/mol. The van der Waals surface area contributed by atoms with E-state index >= 15 is 0 Å². The summed E-state index contributed by atoms with van der Waals surface area (Å²) in [5, 5.41) is 4.23. The predicted octanol–water partition coefficient (Wildman–Crippen LogP) is 4.77. The highest BCUT2D eigenvalue weighted by Gasteiger charge is 2.04. The molecule has 0 aromatic heterocycles. The molecule has 0 saturated carbocycles. The Balaban J connectivity index is 1.86. The third-order valence-corrected chi connectivity index (χ3v) is 3.31. The Morgan fingerprint density at radius 3 is 2.39 bits per heavy atom. The molecule has 2 heteroatoms. The zero-order valence-electron chi connectivity index (χ0n) is 10.6. The van der Waals surface area contributed by atoms with Crippen LogP contribution < -0.4 is 5.32 Å². The minimum Gasteiger partial charge on any atom is -0.381 e. The summed E-state index contributed by atoms with van der Waals surface area (Å²) < 4.78 is 0. The SMILES string of the molecule is CC(CCc1ccccc1)Nc1ccccc1Cl. The van der Waals surface area contributed by atoms with Gasteiger partial charge in [0.05, 0.1) is 10.7 Å². The van der Waals surface area contributed by atoms with E-state index in [1.54, 1.807) is 0 Å². The van der Waals surface area contributed by atoms with Crippen molar-refractivity contribution in [3.05, 3.63) is 65.2 Å². The van der Waals surface area contributed by atoms with Crippen molar-refractivity contribution < 1.29 is 0 Å². The van der Waals surface area contributed by atoms with Gasteiger partial charge in [0.25, 0.3) is 0 Å². The van der Waals surface area contributed by atoms with E-state index in [4.69, 9.17) is 11.6 Å². The van der Waals surface area contributed by atoms with Gasteiger partial charge in [0.2, 0.25) is 0 Å². The van der Waals surface area contributed by atoms with Gasteiger partial charge in [-0.15, -0.1) is 0 Å². The average Bonchev–Trinajstić information content (AvgIpc) is 2.40. The molecule has 1 unspecified atom stereocenters. The fourth-order valence-corrected chi connectivity index (χ4v) is 2.13. The Labute approximate surface area is 114 Å². The number of rotatable bonds is 5. The number of hydrogen-bond donors (Lipinski definition) is 1. The van der Waals surface area contributed by atoms with Gasteiger partial charge in [-0.2, -0.15) is 0 Å². The molecule has 2 aromatic carbocycles. The summed E-state index contributed by atoms with van der Waals surface area (Å²) in [4.78, 5) is 0. The lowest BCUT2D eigenvalue weighted by molar-refractivity contribution is 0.706. The number of nitrogens with one attached hydrogen (secondary N) is 1. The first-order valence-electron chi connectivity index (χ1n) is 6.30. The molecule has 0 aliphatic rings. The maximum atomic E-state index is 6.12. The zero-order valence-corrected chi connectivity index (χ0v) is 11.3. The summed E-state index contributed by atoms with van der Waals surface area (Å²) in [6.07, 6.45) is 2.18. The van der Waals surface area contributed by atoms with Gasteiger partial charge >= 0.3 is 0 Å². The van der Waals surface area contributed by atoms with Crippen molar-refractivity contribution in [1.82, 2.24) is 0 Å². The molecule has 1 nitrogen and oxygen atoms in total. The third-order valence-electron chi connectivity index (χ3n) is 2.98. The van der Waals surface area contributed by atoms with E-state index in [0.29, 0.717) is 6.04 Å². The Bertz CT molecular complexity index is 481. The standard InChI is InChI=1S/C16H18ClN/c1-13(11-12-14-7-3-2-4-8-14)18-16-10-6-5-9-15(16)17/h2-10,13,18H,11-12H2,1H3. The second-order valence-corrected chi connectivity index (χ2v) is 4.96. The maximum Gasteiger partial charge on any atom is 0.0637 e. The van der Waals surface area contributed by atoms with Crippen molar-refractivity contribution in [3.63, 3.8) is 0 Å². The number of aryl methyl sites for hydroxylation is 1. The number of benzene rings is 2. The fourth-order valence-electron chi connectivity index (χ4n) is 1.94. The van der Waals surface area contributed by atoms with E-state index in [9.17, 15) is 0 Å². The first kappa shape index (κ1) is 13.0. The molecule has 94 valence electrons. The fraction of sp³-hybridized carbons (Fsp3) is 0.250. The van der Waals surface area contributed by atoms with Crippen LogP contribution in [-0.4, -0.2) is 6.04 Å². The molecule has 18 heavy (non-hydrogen) atoms. The molecule has 1 atom stereocenters. The van der Waals surface area contributed by atoms with Gasteiger partial charge in [0.15, 0.2) is 0 Å². The van der Waals surface area contributed by atoms with E-state index in [-0.39, 0.29) is 0 Å². The lowest BCUT2D eigenvalue weighted by atomic mass is 10.1. The maximum absolute atomic E-state index is 6.12. The zero-order chi connectivity index (χ0) is 12.8. The molecule has 2 rings (SSSR count). The summed E-state index contributed by atoms with van der Waals surface area (Å²) in [7, 11) is 0. The van der Waals surface area contributed by atoms with E-state index in [1.807, 2.05) is 24.3 Å². The van der Waals surface area contributed by atoms with Crippen LogP contribution in [0.3, 0.4) is 0 Å². The molecule has 0 aliphatic carbocycles. The quantitative estimate of drug-likeness (QED) is 0.815. The lowest BCUT2D eigenvalue weighted by Gasteiger charge is -2.16. The van der Waals surface area contributed by atoms with Crippen LogP contribution in [0.5, 0.6) is 0 Å². The smallest absolute Gasteiger partial charge is 0.0637 e. The van der Waals surface area contributed by atoms with Crippen LogP contribution in [0, 0.1) is 0 Å². The average molecular weight is 260 g/mol. The molecule has 0 heterocycles. The molecule has 1 N–H and O–H groups in total. The van der Waals surface area contributed by atoms with Crippen LogP contribution in [0.25, 0.3) is 0 Å². The molecule has 0 amide bonds. The van der Waals surface area contributed by atoms with Crippen molar-refractivity contribution >= 4 is 17.3 Å². The Morgan fingerprint density at radius 1 is 1.00 bits per heavy atom. The molecule has 0 spiro atoms. The highest BCUT2D eigenvalue weighted by molar-refractivity contribution is 6.33. The number of halogens is 1. The number of para-hydroxylation sites is 1. The van der Waals surface area contributed by atoms with E-state index in [2.05, 4.69) is 42.6 Å². The Morgan fingerprint density at radius 2 is 1.67 bits per heavy atom. The Kier molecular flexibility index (Phi) is 4.66.